The van der Waals surface area contributed by atoms with Gasteiger partial charge in [0.2, 0.25) is 0 Å². The Bertz CT molecular complexity index is 379. The Morgan fingerprint density at radius 1 is 1.41 bits per heavy atom. The molecule has 0 fully saturated rings. The van der Waals surface area contributed by atoms with Crippen LogP contribution < -0.4 is 4.90 Å². The van der Waals surface area contributed by atoms with Crippen molar-refractivity contribution in [3.63, 3.8) is 0 Å². The molecule has 3 nitrogen and oxygen atoms in total. The Balaban J connectivity index is 2.78. The number of rotatable bonds is 5. The number of amides is 1. The number of hydrogen-bond donors (Lipinski definition) is 0. The van der Waals surface area contributed by atoms with Crippen LogP contribution in [0.15, 0.2) is 24.3 Å². The molecule has 0 aliphatic carbocycles. The summed E-state index contributed by atoms with van der Waals surface area (Å²) in [5, 5.41) is 0. The van der Waals surface area contributed by atoms with Gasteiger partial charge in [0.15, 0.2) is 0 Å². The molecule has 0 N–H and O–H groups in total. The van der Waals surface area contributed by atoms with Crippen molar-refractivity contribution in [1.82, 2.24) is 0 Å². The summed E-state index contributed by atoms with van der Waals surface area (Å²) in [5.41, 5.74) is 0.298. The lowest BCUT2D eigenvalue weighted by atomic mass is 10.2. The molecule has 0 bridgehead atoms. The van der Waals surface area contributed by atoms with E-state index in [0.29, 0.717) is 12.2 Å². The van der Waals surface area contributed by atoms with Crippen molar-refractivity contribution in [1.29, 1.82) is 0 Å². The number of anilines is 1. The van der Waals surface area contributed by atoms with Gasteiger partial charge in [0.05, 0.1) is 11.8 Å². The van der Waals surface area contributed by atoms with E-state index in [2.05, 4.69) is 0 Å². The molecule has 0 heterocycles. The number of para-hydroxylation sites is 1. The van der Waals surface area contributed by atoms with Crippen molar-refractivity contribution in [3.05, 3.63) is 30.1 Å². The van der Waals surface area contributed by atoms with Crippen LogP contribution in [0.25, 0.3) is 0 Å². The maximum atomic E-state index is 13.6. The fraction of sp³-hybridized carbons (Fsp3) is 0.462. The fourth-order valence-corrected chi connectivity index (χ4v) is 1.47. The van der Waals surface area contributed by atoms with Gasteiger partial charge in [-0.2, -0.15) is 0 Å². The minimum Gasteiger partial charge on any atom is -0.369 e. The zero-order valence-electron chi connectivity index (χ0n) is 10.4. The number of carbonyl (C=O) groups excluding carboxylic acids is 1. The first-order valence-electron chi connectivity index (χ1n) is 5.72. The van der Waals surface area contributed by atoms with Gasteiger partial charge in [0.25, 0.3) is 5.91 Å². The average Bonchev–Trinajstić information content (AvgIpc) is 2.30. The third-order valence-corrected chi connectivity index (χ3v) is 2.30. The first kappa shape index (κ1) is 13.6. The second kappa shape index (κ2) is 6.35. The summed E-state index contributed by atoms with van der Waals surface area (Å²) in [6.07, 6.45) is -0.0155. The van der Waals surface area contributed by atoms with Gasteiger partial charge in [-0.25, -0.2) is 4.39 Å². The Hall–Kier alpha value is -1.42. The highest BCUT2D eigenvalue weighted by Gasteiger charge is 2.17. The van der Waals surface area contributed by atoms with Crippen LogP contribution in [-0.4, -0.2) is 25.2 Å². The highest BCUT2D eigenvalue weighted by atomic mass is 19.1. The summed E-state index contributed by atoms with van der Waals surface area (Å²) >= 11 is 0. The third-order valence-electron chi connectivity index (χ3n) is 2.30. The van der Waals surface area contributed by atoms with E-state index in [4.69, 9.17) is 4.74 Å². The standard InChI is InChI=1S/C13H18FNO2/c1-4-15(13(16)9-17-10(2)3)12-8-6-5-7-11(12)14/h5-8,10H,4,9H2,1-3H3. The normalized spacial score (nSPS) is 10.6. The molecule has 0 aromatic heterocycles. The van der Waals surface area contributed by atoms with Crippen LogP contribution in [0.3, 0.4) is 0 Å². The van der Waals surface area contributed by atoms with Crippen molar-refractivity contribution in [2.24, 2.45) is 0 Å². The first-order valence-corrected chi connectivity index (χ1v) is 5.72. The highest BCUT2D eigenvalue weighted by molar-refractivity contribution is 5.94. The molecule has 0 aliphatic heterocycles. The van der Waals surface area contributed by atoms with Gasteiger partial charge in [0, 0.05) is 6.54 Å². The Morgan fingerprint density at radius 2 is 2.06 bits per heavy atom. The molecule has 1 rings (SSSR count). The van der Waals surface area contributed by atoms with Gasteiger partial charge in [-0.05, 0) is 32.9 Å². The van der Waals surface area contributed by atoms with Crippen molar-refractivity contribution >= 4 is 11.6 Å². The van der Waals surface area contributed by atoms with Crippen molar-refractivity contribution in [2.75, 3.05) is 18.1 Å². The second-order valence-electron chi connectivity index (χ2n) is 3.95. The van der Waals surface area contributed by atoms with E-state index in [1.807, 2.05) is 13.8 Å². The molecule has 0 atom stereocenters. The molecular weight excluding hydrogens is 221 g/mol. The van der Waals surface area contributed by atoms with Crippen LogP contribution in [0.1, 0.15) is 20.8 Å². The molecule has 1 amide bonds. The lowest BCUT2D eigenvalue weighted by Gasteiger charge is -2.22. The van der Waals surface area contributed by atoms with Crippen LogP contribution in [0.4, 0.5) is 10.1 Å². The second-order valence-corrected chi connectivity index (χ2v) is 3.95. The monoisotopic (exact) mass is 239 g/mol. The van der Waals surface area contributed by atoms with Crippen LogP contribution in [-0.2, 0) is 9.53 Å². The topological polar surface area (TPSA) is 29.5 Å². The summed E-state index contributed by atoms with van der Waals surface area (Å²) in [5.74, 6) is -0.626. The lowest BCUT2D eigenvalue weighted by molar-refractivity contribution is -0.124. The minimum atomic E-state index is -0.396. The van der Waals surface area contributed by atoms with Crippen LogP contribution in [0.2, 0.25) is 0 Å². The highest BCUT2D eigenvalue weighted by Crippen LogP contribution is 2.18. The van der Waals surface area contributed by atoms with Gasteiger partial charge in [-0.1, -0.05) is 12.1 Å². The van der Waals surface area contributed by atoms with Gasteiger partial charge in [-0.15, -0.1) is 0 Å². The number of likely N-dealkylation sites (N-methyl/N-ethyl adjacent to an activating group) is 1. The number of benzene rings is 1. The van der Waals surface area contributed by atoms with E-state index in [9.17, 15) is 9.18 Å². The molecule has 0 saturated carbocycles. The van der Waals surface area contributed by atoms with Gasteiger partial charge >= 0.3 is 0 Å². The van der Waals surface area contributed by atoms with Gasteiger partial charge in [-0.3, -0.25) is 4.79 Å². The van der Waals surface area contributed by atoms with Crippen molar-refractivity contribution in [2.45, 2.75) is 26.9 Å². The molecule has 0 spiro atoms. The molecule has 4 heteroatoms. The summed E-state index contributed by atoms with van der Waals surface area (Å²) in [6, 6.07) is 6.24. The van der Waals surface area contributed by atoms with Crippen LogP contribution in [0.5, 0.6) is 0 Å². The van der Waals surface area contributed by atoms with E-state index in [1.165, 1.54) is 11.0 Å². The smallest absolute Gasteiger partial charge is 0.253 e. The van der Waals surface area contributed by atoms with Crippen LogP contribution in [0, 0.1) is 5.82 Å². The van der Waals surface area contributed by atoms with Gasteiger partial charge in [0.1, 0.15) is 12.4 Å². The number of hydrogen-bond acceptors (Lipinski definition) is 2. The molecule has 94 valence electrons. The molecule has 0 aliphatic rings. The maximum absolute atomic E-state index is 13.6. The summed E-state index contributed by atoms with van der Waals surface area (Å²) < 4.78 is 18.8. The quantitative estimate of drug-likeness (QED) is 0.790. The number of carbonyl (C=O) groups is 1. The number of ether oxygens (including phenoxy) is 1. The summed E-state index contributed by atoms with van der Waals surface area (Å²) in [6.45, 7) is 5.90. The zero-order valence-corrected chi connectivity index (χ0v) is 10.4. The molecule has 1 aromatic carbocycles. The minimum absolute atomic E-state index is 0.0155. The zero-order chi connectivity index (χ0) is 12.8. The average molecular weight is 239 g/mol. The van der Waals surface area contributed by atoms with Crippen molar-refractivity contribution < 1.29 is 13.9 Å². The lowest BCUT2D eigenvalue weighted by Crippen LogP contribution is -2.35. The predicted molar refractivity (Wildman–Crippen MR) is 65.5 cm³/mol. The SMILES string of the molecule is CCN(C(=O)COC(C)C)c1ccccc1F. The van der Waals surface area contributed by atoms with E-state index < -0.39 is 5.82 Å². The molecule has 0 unspecified atom stereocenters. The van der Waals surface area contributed by atoms with Gasteiger partial charge < -0.3 is 9.64 Å². The Kier molecular flexibility index (Phi) is 5.10. The predicted octanol–water partition coefficient (Wildman–Crippen LogP) is 2.60. The molecule has 1 aromatic rings. The molecular formula is C13H18FNO2. The number of nitrogens with zero attached hydrogens (tertiary/aromatic N) is 1. The van der Waals surface area contributed by atoms with E-state index in [1.54, 1.807) is 25.1 Å². The van der Waals surface area contributed by atoms with E-state index in [0.717, 1.165) is 0 Å². The Morgan fingerprint density at radius 3 is 2.59 bits per heavy atom. The first-order chi connectivity index (χ1) is 8.06. The maximum Gasteiger partial charge on any atom is 0.253 e. The number of halogens is 1. The van der Waals surface area contributed by atoms with Crippen LogP contribution >= 0.6 is 0 Å². The largest absolute Gasteiger partial charge is 0.369 e. The molecule has 0 saturated heterocycles. The van der Waals surface area contributed by atoms with E-state index in [-0.39, 0.29) is 18.6 Å². The molecule has 0 radical (unpaired) electrons. The fourth-order valence-electron chi connectivity index (χ4n) is 1.47. The van der Waals surface area contributed by atoms with E-state index >= 15 is 0 Å². The molecule has 17 heavy (non-hydrogen) atoms. The Labute approximate surface area is 101 Å². The summed E-state index contributed by atoms with van der Waals surface area (Å²) in [7, 11) is 0. The summed E-state index contributed by atoms with van der Waals surface area (Å²) in [4.78, 5) is 13.3. The third kappa shape index (κ3) is 3.82. The van der Waals surface area contributed by atoms with Crippen molar-refractivity contribution in [3.8, 4) is 0 Å².